The quantitative estimate of drug-likeness (QED) is 0.0457. The maximum absolute atomic E-state index is 13.9. The summed E-state index contributed by atoms with van der Waals surface area (Å²) >= 11 is 29.1. The lowest BCUT2D eigenvalue weighted by Crippen LogP contribution is -2.51. The van der Waals surface area contributed by atoms with Crippen molar-refractivity contribution in [2.24, 2.45) is 0 Å². The summed E-state index contributed by atoms with van der Waals surface area (Å²) in [6.45, 7) is -0.723. The average Bonchev–Trinajstić information content (AvgIpc) is 3.27. The number of ketones is 1. The van der Waals surface area contributed by atoms with Crippen LogP contribution >= 0.6 is 103 Å². The molecule has 4 aromatic carbocycles. The number of hydrazine groups is 1. The second-order valence-corrected chi connectivity index (χ2v) is 14.2. The number of hydrogen-bond donors (Lipinski definition) is 0. The Morgan fingerprint density at radius 1 is 0.711 bits per heavy atom. The molecule has 0 aliphatic carbocycles. The molecular weight excluding hydrogens is 955 g/mol. The molecule has 5 rings (SSSR count). The van der Waals surface area contributed by atoms with Crippen LogP contribution in [0.2, 0.25) is 10.0 Å². The Balaban J connectivity index is 1.47. The van der Waals surface area contributed by atoms with E-state index >= 15 is 0 Å². The molecule has 3 amide bonds. The van der Waals surface area contributed by atoms with Gasteiger partial charge in [-0.05, 0) is 130 Å². The Kier molecular flexibility index (Phi) is 10.4. The SMILES string of the molecule is O=C(CN(C(=O)c1ccc(Cl)cc1Cl)N1C(=O)c2c(Br)c(Br)c(Br)c(Br)c2C1=O)c1ccc(OC(=O)c2ccc(Br)cc2)cc1. The molecule has 228 valence electrons. The minimum atomic E-state index is -0.898. The number of benzene rings is 4. The normalized spacial score (nSPS) is 12.3. The topological polar surface area (TPSA) is 101 Å². The summed E-state index contributed by atoms with van der Waals surface area (Å²) in [5, 5.41) is 1.55. The molecule has 0 N–H and O–H groups in total. The number of imide groups is 1. The Morgan fingerprint density at radius 2 is 1.24 bits per heavy atom. The highest BCUT2D eigenvalue weighted by molar-refractivity contribution is 9.15. The molecule has 0 saturated carbocycles. The van der Waals surface area contributed by atoms with Crippen molar-refractivity contribution < 1.29 is 28.7 Å². The van der Waals surface area contributed by atoms with Crippen LogP contribution in [-0.2, 0) is 0 Å². The predicted octanol–water partition coefficient (Wildman–Crippen LogP) is 9.56. The Hall–Kier alpha value is -2.39. The Morgan fingerprint density at radius 3 is 1.78 bits per heavy atom. The number of nitrogens with zero attached hydrogens (tertiary/aromatic N) is 2. The van der Waals surface area contributed by atoms with E-state index in [-0.39, 0.29) is 47.0 Å². The van der Waals surface area contributed by atoms with Crippen LogP contribution in [0.5, 0.6) is 5.75 Å². The molecule has 15 heteroatoms. The molecule has 0 bridgehead atoms. The zero-order valence-corrected chi connectivity index (χ0v) is 31.5. The number of esters is 1. The second-order valence-electron chi connectivity index (χ2n) is 9.26. The highest BCUT2D eigenvalue weighted by atomic mass is 79.9. The van der Waals surface area contributed by atoms with Gasteiger partial charge in [0.05, 0.1) is 27.3 Å². The molecule has 0 atom stereocenters. The van der Waals surface area contributed by atoms with Crippen LogP contribution < -0.4 is 4.74 Å². The standard InChI is InChI=1S/C30H13Br5Cl2N2O6/c31-15-5-1-14(2-6-15)30(44)45-17-8-3-13(4-9-17)20(40)12-38(27(41)18-10-7-16(36)11-19(18)37)39-28(42)21-22(29(39)43)24(33)26(35)25(34)23(21)32/h1-11H,12H2. The van der Waals surface area contributed by atoms with Crippen LogP contribution in [0.25, 0.3) is 0 Å². The van der Waals surface area contributed by atoms with Crippen molar-refractivity contribution >= 4 is 132 Å². The van der Waals surface area contributed by atoms with E-state index in [2.05, 4.69) is 79.6 Å². The van der Waals surface area contributed by atoms with Crippen LogP contribution in [-0.4, -0.2) is 46.0 Å². The largest absolute Gasteiger partial charge is 0.423 e. The molecule has 4 aromatic rings. The van der Waals surface area contributed by atoms with E-state index in [9.17, 15) is 24.0 Å². The monoisotopic (exact) mass is 962 g/mol. The van der Waals surface area contributed by atoms with Gasteiger partial charge in [0.1, 0.15) is 12.3 Å². The third kappa shape index (κ3) is 6.71. The lowest BCUT2D eigenvalue weighted by Gasteiger charge is -2.29. The smallest absolute Gasteiger partial charge is 0.343 e. The number of carbonyl (C=O) groups excluding carboxylic acids is 5. The van der Waals surface area contributed by atoms with E-state index in [1.165, 1.54) is 42.5 Å². The lowest BCUT2D eigenvalue weighted by molar-refractivity contribution is 0.00527. The van der Waals surface area contributed by atoms with E-state index in [1.54, 1.807) is 24.3 Å². The van der Waals surface area contributed by atoms with E-state index in [4.69, 9.17) is 27.9 Å². The number of amides is 3. The van der Waals surface area contributed by atoms with Crippen molar-refractivity contribution in [1.82, 2.24) is 10.0 Å². The summed E-state index contributed by atoms with van der Waals surface area (Å²) in [6.07, 6.45) is 0. The van der Waals surface area contributed by atoms with Crippen LogP contribution in [0.4, 0.5) is 0 Å². The van der Waals surface area contributed by atoms with Gasteiger partial charge < -0.3 is 4.74 Å². The van der Waals surface area contributed by atoms with E-state index in [0.29, 0.717) is 19.5 Å². The third-order valence-electron chi connectivity index (χ3n) is 6.48. The number of fused-ring (bicyclic) bond motifs is 1. The summed E-state index contributed by atoms with van der Waals surface area (Å²) in [4.78, 5) is 67.5. The number of carbonyl (C=O) groups is 5. The maximum Gasteiger partial charge on any atom is 0.343 e. The van der Waals surface area contributed by atoms with Gasteiger partial charge in [-0.1, -0.05) is 39.1 Å². The molecule has 0 unspecified atom stereocenters. The van der Waals surface area contributed by atoms with Crippen LogP contribution in [0.3, 0.4) is 0 Å². The van der Waals surface area contributed by atoms with Crippen LogP contribution in [0.15, 0.2) is 89.1 Å². The number of halogens is 7. The molecule has 0 spiro atoms. The fourth-order valence-electron chi connectivity index (χ4n) is 4.28. The minimum absolute atomic E-state index is 0.0219. The minimum Gasteiger partial charge on any atom is -0.423 e. The average molecular weight is 968 g/mol. The van der Waals surface area contributed by atoms with Gasteiger partial charge in [0.2, 0.25) is 0 Å². The fourth-order valence-corrected chi connectivity index (χ4v) is 7.49. The molecule has 0 radical (unpaired) electrons. The van der Waals surface area contributed by atoms with Crippen molar-refractivity contribution in [1.29, 1.82) is 0 Å². The highest BCUT2D eigenvalue weighted by Crippen LogP contribution is 2.45. The zero-order valence-electron chi connectivity index (χ0n) is 22.0. The Bertz CT molecular complexity index is 1890. The highest BCUT2D eigenvalue weighted by Gasteiger charge is 2.46. The van der Waals surface area contributed by atoms with Gasteiger partial charge in [-0.3, -0.25) is 19.2 Å². The van der Waals surface area contributed by atoms with Crippen molar-refractivity contribution in [2.75, 3.05) is 6.54 Å². The molecule has 0 fully saturated rings. The van der Waals surface area contributed by atoms with Crippen molar-refractivity contribution in [2.45, 2.75) is 0 Å². The first-order valence-corrected chi connectivity index (χ1v) is 17.1. The molecule has 1 aliphatic heterocycles. The summed E-state index contributed by atoms with van der Waals surface area (Å²) in [7, 11) is 0. The summed E-state index contributed by atoms with van der Waals surface area (Å²) in [5.41, 5.74) is 0.299. The number of rotatable bonds is 7. The molecule has 1 aliphatic rings. The first kappa shape index (κ1) is 34.0. The molecule has 8 nitrogen and oxygen atoms in total. The summed E-state index contributed by atoms with van der Waals surface area (Å²) in [5.74, 6) is -3.65. The van der Waals surface area contributed by atoms with Gasteiger partial charge in [0.15, 0.2) is 5.78 Å². The zero-order chi connectivity index (χ0) is 32.7. The molecule has 45 heavy (non-hydrogen) atoms. The number of Topliss-reactive ketones (excluding diaryl/α,β-unsaturated/α-hetero) is 1. The van der Waals surface area contributed by atoms with Gasteiger partial charge in [-0.2, -0.15) is 5.01 Å². The van der Waals surface area contributed by atoms with Crippen LogP contribution in [0, 0.1) is 0 Å². The van der Waals surface area contributed by atoms with Gasteiger partial charge in [0.25, 0.3) is 17.7 Å². The summed E-state index contributed by atoms with van der Waals surface area (Å²) in [6, 6.07) is 16.3. The van der Waals surface area contributed by atoms with Crippen molar-refractivity contribution in [3.63, 3.8) is 0 Å². The van der Waals surface area contributed by atoms with Gasteiger partial charge in [-0.25, -0.2) is 9.80 Å². The van der Waals surface area contributed by atoms with E-state index < -0.39 is 36.0 Å². The summed E-state index contributed by atoms with van der Waals surface area (Å²) < 4.78 is 7.63. The number of hydrogen-bond acceptors (Lipinski definition) is 6. The second kappa shape index (κ2) is 13.8. The third-order valence-corrected chi connectivity index (χ3v) is 12.3. The van der Waals surface area contributed by atoms with E-state index in [1.807, 2.05) is 0 Å². The predicted molar refractivity (Wildman–Crippen MR) is 185 cm³/mol. The van der Waals surface area contributed by atoms with Crippen LogP contribution in [0.1, 0.15) is 51.8 Å². The van der Waals surface area contributed by atoms with E-state index in [0.717, 1.165) is 9.48 Å². The van der Waals surface area contributed by atoms with Gasteiger partial charge >= 0.3 is 5.97 Å². The molecular formula is C30H13Br5Cl2N2O6. The van der Waals surface area contributed by atoms with Crippen molar-refractivity contribution in [3.05, 3.63) is 127 Å². The number of ether oxygens (including phenoxy) is 1. The molecule has 0 aromatic heterocycles. The Labute approximate surface area is 307 Å². The lowest BCUT2D eigenvalue weighted by atomic mass is 10.1. The van der Waals surface area contributed by atoms with Gasteiger partial charge in [-0.15, -0.1) is 0 Å². The molecule has 1 heterocycles. The maximum atomic E-state index is 13.9. The van der Waals surface area contributed by atoms with Gasteiger partial charge in [0, 0.05) is 32.9 Å². The molecule has 0 saturated heterocycles. The van der Waals surface area contributed by atoms with Crippen molar-refractivity contribution in [3.8, 4) is 5.75 Å². The first-order chi connectivity index (χ1) is 21.3. The first-order valence-electron chi connectivity index (χ1n) is 12.4. The fraction of sp³-hybridized carbons (Fsp3) is 0.0333.